The van der Waals surface area contributed by atoms with Crippen LogP contribution in [0.25, 0.3) is 0 Å². The monoisotopic (exact) mass is 292 g/mol. The number of carbonyl (C=O) groups is 2. The maximum atomic E-state index is 12.2. The summed E-state index contributed by atoms with van der Waals surface area (Å²) in [6.45, 7) is 6.45. The van der Waals surface area contributed by atoms with Gasteiger partial charge in [0.25, 0.3) is 0 Å². The molecular weight excluding hydrogens is 268 g/mol. The summed E-state index contributed by atoms with van der Waals surface area (Å²) in [5.41, 5.74) is -0.215. The van der Waals surface area contributed by atoms with E-state index in [-0.39, 0.29) is 17.0 Å². The fraction of sp³-hybridized carbons (Fsp3) is 0.824. The third kappa shape index (κ3) is 2.40. The molecule has 3 fully saturated rings. The lowest BCUT2D eigenvalue weighted by molar-refractivity contribution is -0.191. The minimum absolute atomic E-state index is 0.0579. The normalized spacial score (nSPS) is 40.4. The Bertz CT molecular complexity index is 483. The van der Waals surface area contributed by atoms with Gasteiger partial charge in [-0.3, -0.25) is 9.59 Å². The third-order valence-electron chi connectivity index (χ3n) is 6.50. The molecule has 3 saturated carbocycles. The Labute approximate surface area is 125 Å². The highest BCUT2D eigenvalue weighted by atomic mass is 16.2. The largest absolute Gasteiger partial charge is 0.373 e. The molecule has 3 aliphatic carbocycles. The quantitative estimate of drug-likeness (QED) is 0.688. The summed E-state index contributed by atoms with van der Waals surface area (Å²) in [6, 6.07) is 0. The van der Waals surface area contributed by atoms with Crippen molar-refractivity contribution in [3.63, 3.8) is 0 Å². The first-order valence-electron chi connectivity index (χ1n) is 7.85. The summed E-state index contributed by atoms with van der Waals surface area (Å²) in [6.07, 6.45) is 5.94. The topological polar surface area (TPSA) is 68.3 Å². The highest BCUT2D eigenvalue weighted by molar-refractivity contribution is 5.88. The molecule has 3 aliphatic rings. The predicted molar refractivity (Wildman–Crippen MR) is 75.1 cm³/mol. The molecule has 0 aromatic heterocycles. The molecule has 21 heavy (non-hydrogen) atoms. The lowest BCUT2D eigenvalue weighted by atomic mass is 9.50. The van der Waals surface area contributed by atoms with E-state index in [9.17, 15) is 9.59 Å². The van der Waals surface area contributed by atoms with E-state index >= 15 is 0 Å². The minimum Gasteiger partial charge on any atom is -0.299 e. The van der Waals surface area contributed by atoms with Crippen LogP contribution in [-0.4, -0.2) is 17.7 Å². The molecule has 0 radical (unpaired) electrons. The molecule has 0 unspecified atom stereocenters. The van der Waals surface area contributed by atoms with Gasteiger partial charge >= 0.3 is 6.15 Å². The number of ketones is 2. The lowest BCUT2D eigenvalue weighted by Gasteiger charge is -2.53. The number of rotatable bonds is 0. The second kappa shape index (κ2) is 5.49. The molecule has 4 nitrogen and oxygen atoms in total. The van der Waals surface area contributed by atoms with Crippen molar-refractivity contribution < 1.29 is 19.2 Å². The van der Waals surface area contributed by atoms with E-state index in [1.807, 2.05) is 0 Å². The van der Waals surface area contributed by atoms with E-state index < -0.39 is 0 Å². The molecule has 0 saturated heterocycles. The van der Waals surface area contributed by atoms with Gasteiger partial charge in [-0.05, 0) is 43.4 Å². The van der Waals surface area contributed by atoms with E-state index in [0.717, 1.165) is 38.5 Å². The molecule has 0 spiro atoms. The first kappa shape index (κ1) is 16.1. The van der Waals surface area contributed by atoms with Crippen molar-refractivity contribution in [3.05, 3.63) is 0 Å². The zero-order chi connectivity index (χ0) is 15.8. The molecule has 0 aromatic carbocycles. The summed E-state index contributed by atoms with van der Waals surface area (Å²) in [4.78, 5) is 40.6. The smallest absolute Gasteiger partial charge is 0.299 e. The highest BCUT2D eigenvalue weighted by Gasteiger charge is 2.58. The number of hydrogen-bond acceptors (Lipinski definition) is 4. The maximum Gasteiger partial charge on any atom is 0.373 e. The first-order chi connectivity index (χ1) is 9.79. The van der Waals surface area contributed by atoms with Gasteiger partial charge in [-0.15, -0.1) is 0 Å². The van der Waals surface area contributed by atoms with Gasteiger partial charge in [0.15, 0.2) is 0 Å². The summed E-state index contributed by atoms with van der Waals surface area (Å²) >= 11 is 0. The maximum absolute atomic E-state index is 12.2. The van der Waals surface area contributed by atoms with Crippen LogP contribution in [0.3, 0.4) is 0 Å². The van der Waals surface area contributed by atoms with Crippen molar-refractivity contribution in [1.82, 2.24) is 0 Å². The Kier molecular flexibility index (Phi) is 4.21. The lowest BCUT2D eigenvalue weighted by Crippen LogP contribution is -2.51. The second-order valence-corrected chi connectivity index (χ2v) is 7.56. The van der Waals surface area contributed by atoms with Crippen molar-refractivity contribution in [2.24, 2.45) is 28.6 Å². The van der Waals surface area contributed by atoms with Crippen LogP contribution in [0.5, 0.6) is 0 Å². The highest BCUT2D eigenvalue weighted by Crippen LogP contribution is 2.60. The number of fused-ring (bicyclic) bond motifs is 3. The Balaban J connectivity index is 0.000000497. The van der Waals surface area contributed by atoms with Gasteiger partial charge in [0.05, 0.1) is 0 Å². The van der Waals surface area contributed by atoms with Crippen LogP contribution in [-0.2, 0) is 19.2 Å². The molecule has 0 bridgehead atoms. The first-order valence-corrected chi connectivity index (χ1v) is 7.85. The zero-order valence-corrected chi connectivity index (χ0v) is 13.1. The van der Waals surface area contributed by atoms with Crippen LogP contribution in [0.4, 0.5) is 0 Å². The Hall–Kier alpha value is -1.28. The molecule has 0 heterocycles. The predicted octanol–water partition coefficient (Wildman–Crippen LogP) is 2.80. The molecular formula is C17H24O4. The van der Waals surface area contributed by atoms with Gasteiger partial charge in [0.2, 0.25) is 0 Å². The molecule has 4 heteroatoms. The fourth-order valence-electron chi connectivity index (χ4n) is 5.18. The Morgan fingerprint density at radius 3 is 2.10 bits per heavy atom. The number of Topliss-reactive ketones (excluding diaryl/α,β-unsaturated/α-hetero) is 2. The van der Waals surface area contributed by atoms with E-state index in [0.29, 0.717) is 29.3 Å². The summed E-state index contributed by atoms with van der Waals surface area (Å²) in [7, 11) is 0. The Morgan fingerprint density at radius 2 is 1.48 bits per heavy atom. The van der Waals surface area contributed by atoms with Crippen molar-refractivity contribution >= 4 is 17.7 Å². The van der Waals surface area contributed by atoms with Gasteiger partial charge in [0.1, 0.15) is 11.6 Å². The van der Waals surface area contributed by atoms with Gasteiger partial charge in [0, 0.05) is 23.7 Å². The Morgan fingerprint density at radius 1 is 0.905 bits per heavy atom. The standard InChI is InChI=1S/C16H24O2.CO2/c1-15(2)11-8-9-16(3)12(5-7-14(16)18)10(11)4-6-13(15)17;2-1-3/h10-12H,4-9H2,1-3H3;/t10-,11+,12+,16+;/m1./s1. The van der Waals surface area contributed by atoms with Crippen molar-refractivity contribution in [2.75, 3.05) is 0 Å². The molecule has 4 atom stereocenters. The average molecular weight is 292 g/mol. The fourth-order valence-corrected chi connectivity index (χ4v) is 5.18. The third-order valence-corrected chi connectivity index (χ3v) is 6.50. The molecule has 116 valence electrons. The second-order valence-electron chi connectivity index (χ2n) is 7.56. The average Bonchev–Trinajstić information content (AvgIpc) is 2.71. The summed E-state index contributed by atoms with van der Waals surface area (Å²) < 4.78 is 0. The molecule has 0 amide bonds. The van der Waals surface area contributed by atoms with Gasteiger partial charge in [-0.25, -0.2) is 0 Å². The van der Waals surface area contributed by atoms with Gasteiger partial charge in [-0.1, -0.05) is 20.8 Å². The zero-order valence-electron chi connectivity index (χ0n) is 13.1. The SMILES string of the molecule is CC1(C)C(=O)CC[C@@H]2[C@@H]1CC[C@]1(C)C(=O)CC[C@@H]21.O=C=O. The van der Waals surface area contributed by atoms with Crippen LogP contribution in [0.15, 0.2) is 0 Å². The van der Waals surface area contributed by atoms with Crippen molar-refractivity contribution in [3.8, 4) is 0 Å². The molecule has 0 aliphatic heterocycles. The van der Waals surface area contributed by atoms with Gasteiger partial charge in [-0.2, -0.15) is 9.59 Å². The van der Waals surface area contributed by atoms with E-state index in [1.165, 1.54) is 0 Å². The van der Waals surface area contributed by atoms with Crippen LogP contribution >= 0.6 is 0 Å². The summed E-state index contributed by atoms with van der Waals surface area (Å²) in [5, 5.41) is 0. The van der Waals surface area contributed by atoms with Crippen molar-refractivity contribution in [2.45, 2.75) is 59.3 Å². The number of hydrogen-bond donors (Lipinski definition) is 0. The molecule has 0 N–H and O–H groups in total. The minimum atomic E-state index is -0.157. The van der Waals surface area contributed by atoms with Crippen LogP contribution < -0.4 is 0 Å². The summed E-state index contributed by atoms with van der Waals surface area (Å²) in [5.74, 6) is 2.61. The van der Waals surface area contributed by atoms with Crippen molar-refractivity contribution in [1.29, 1.82) is 0 Å². The molecule has 0 aromatic rings. The molecule has 3 rings (SSSR count). The number of carbonyl (C=O) groups excluding carboxylic acids is 4. The van der Waals surface area contributed by atoms with Crippen LogP contribution in [0, 0.1) is 28.6 Å². The van der Waals surface area contributed by atoms with Gasteiger partial charge < -0.3 is 0 Å². The van der Waals surface area contributed by atoms with Crippen LogP contribution in [0.1, 0.15) is 59.3 Å². The van der Waals surface area contributed by atoms with E-state index in [2.05, 4.69) is 20.8 Å². The van der Waals surface area contributed by atoms with E-state index in [1.54, 1.807) is 0 Å². The van der Waals surface area contributed by atoms with E-state index in [4.69, 9.17) is 9.59 Å². The van der Waals surface area contributed by atoms with Crippen LogP contribution in [0.2, 0.25) is 0 Å².